The molecule has 10 nitrogen and oxygen atoms in total. The quantitative estimate of drug-likeness (QED) is 0.230. The molecule has 212 valence electrons. The number of hydrogen-bond donors (Lipinski definition) is 0. The summed E-state index contributed by atoms with van der Waals surface area (Å²) in [5, 5.41) is 13.9. The average Bonchev–Trinajstić information content (AvgIpc) is 3.46. The van der Waals surface area contributed by atoms with E-state index >= 15 is 0 Å². The zero-order chi connectivity index (χ0) is 28.8. The lowest BCUT2D eigenvalue weighted by Gasteiger charge is -2.20. The van der Waals surface area contributed by atoms with E-state index in [1.807, 2.05) is 48.7 Å². The summed E-state index contributed by atoms with van der Waals surface area (Å²) < 4.78 is 8.46. The Bertz CT molecular complexity index is 1780. The highest BCUT2D eigenvalue weighted by Gasteiger charge is 2.44. The predicted molar refractivity (Wildman–Crippen MR) is 158 cm³/mol. The first-order valence-corrected chi connectivity index (χ1v) is 14.9. The van der Waals surface area contributed by atoms with E-state index in [1.54, 1.807) is 26.8 Å². The van der Waals surface area contributed by atoms with Crippen LogP contribution in [0.1, 0.15) is 47.7 Å². The molecule has 7 rings (SSSR count). The first-order valence-electron chi connectivity index (χ1n) is 13.7. The second-order valence-corrected chi connectivity index (χ2v) is 11.9. The van der Waals surface area contributed by atoms with Crippen molar-refractivity contribution in [2.75, 3.05) is 13.7 Å². The third-order valence-corrected chi connectivity index (χ3v) is 9.14. The molecule has 5 aromatic rings. The van der Waals surface area contributed by atoms with Crippen LogP contribution in [0, 0.1) is 0 Å². The molecule has 2 aromatic carbocycles. The lowest BCUT2D eigenvalue weighted by Crippen LogP contribution is -2.41. The summed E-state index contributed by atoms with van der Waals surface area (Å²) in [7, 11) is 1.32. The van der Waals surface area contributed by atoms with Gasteiger partial charge in [-0.1, -0.05) is 59.3 Å². The predicted octanol–water partition coefficient (Wildman–Crippen LogP) is 5.41. The Morgan fingerprint density at radius 1 is 1.00 bits per heavy atom. The van der Waals surface area contributed by atoms with Crippen LogP contribution in [0.3, 0.4) is 0 Å². The van der Waals surface area contributed by atoms with E-state index in [4.69, 9.17) is 16.3 Å². The van der Waals surface area contributed by atoms with E-state index < -0.39 is 17.9 Å². The molecule has 1 amide bonds. The van der Waals surface area contributed by atoms with Crippen LogP contribution in [-0.2, 0) is 9.53 Å². The van der Waals surface area contributed by atoms with Crippen molar-refractivity contribution in [3.05, 3.63) is 89.6 Å². The average molecular weight is 600 g/mol. The molecule has 1 saturated carbocycles. The first kappa shape index (κ1) is 26.5. The number of ether oxygens (including phenoxy) is 1. The zero-order valence-electron chi connectivity index (χ0n) is 22.6. The Balaban J connectivity index is 1.15. The third-order valence-electron chi connectivity index (χ3n) is 7.66. The van der Waals surface area contributed by atoms with E-state index in [-0.39, 0.29) is 24.3 Å². The van der Waals surface area contributed by atoms with Gasteiger partial charge in [0, 0.05) is 23.8 Å². The van der Waals surface area contributed by atoms with Crippen molar-refractivity contribution >= 4 is 34.8 Å². The van der Waals surface area contributed by atoms with Crippen LogP contribution in [0.5, 0.6) is 0 Å². The summed E-state index contributed by atoms with van der Waals surface area (Å²) >= 11 is 8.10. The molecule has 0 spiro atoms. The van der Waals surface area contributed by atoms with E-state index in [9.17, 15) is 9.59 Å². The van der Waals surface area contributed by atoms with E-state index in [0.29, 0.717) is 23.0 Å². The second-order valence-electron chi connectivity index (χ2n) is 10.4. The number of carbonyl (C=O) groups excluding carboxylic acids is 2. The Morgan fingerprint density at radius 3 is 2.52 bits per heavy atom. The SMILES string of the molecule is COC(=O)[C@H]1C[C@@H](n2cc(-c3ccc(-c4ccccc4)s3)nn2)CN1C(=O)c1nc(C2CC2)n(-c2ccccc2Cl)n1. The number of rotatable bonds is 7. The zero-order valence-corrected chi connectivity index (χ0v) is 24.2. The van der Waals surface area contributed by atoms with Crippen LogP contribution in [-0.4, -0.2) is 66.2 Å². The van der Waals surface area contributed by atoms with Crippen molar-refractivity contribution in [2.45, 2.75) is 37.3 Å². The lowest BCUT2D eigenvalue weighted by atomic mass is 10.1. The van der Waals surface area contributed by atoms with Crippen molar-refractivity contribution in [2.24, 2.45) is 0 Å². The van der Waals surface area contributed by atoms with Gasteiger partial charge < -0.3 is 9.64 Å². The van der Waals surface area contributed by atoms with E-state index in [2.05, 4.69) is 38.6 Å². The Labute approximate surface area is 250 Å². The Hall–Kier alpha value is -4.35. The molecule has 12 heteroatoms. The highest BCUT2D eigenvalue weighted by Crippen LogP contribution is 2.41. The molecule has 1 aliphatic carbocycles. The fourth-order valence-electron chi connectivity index (χ4n) is 5.34. The van der Waals surface area contributed by atoms with Crippen molar-refractivity contribution in [3.8, 4) is 26.7 Å². The normalized spacial score (nSPS) is 18.4. The van der Waals surface area contributed by atoms with E-state index in [1.165, 1.54) is 12.0 Å². The molecule has 4 heterocycles. The number of para-hydroxylation sites is 1. The van der Waals surface area contributed by atoms with E-state index in [0.717, 1.165) is 33.9 Å². The molecule has 0 bridgehead atoms. The molecular formula is C30H26ClN7O3S. The van der Waals surface area contributed by atoms with Crippen LogP contribution in [0.25, 0.3) is 26.7 Å². The number of halogens is 1. The van der Waals surface area contributed by atoms with Crippen molar-refractivity contribution in [3.63, 3.8) is 0 Å². The number of methoxy groups -OCH3 is 1. The molecule has 0 radical (unpaired) electrons. The minimum absolute atomic E-state index is 0.0256. The minimum atomic E-state index is -0.803. The van der Waals surface area contributed by atoms with Gasteiger partial charge in [-0.2, -0.15) is 0 Å². The summed E-state index contributed by atoms with van der Waals surface area (Å²) in [6.45, 7) is 0.237. The van der Waals surface area contributed by atoms with Crippen LogP contribution in [0.15, 0.2) is 72.9 Å². The largest absolute Gasteiger partial charge is 0.467 e. The Kier molecular flexibility index (Phi) is 6.83. The number of likely N-dealkylation sites (tertiary alicyclic amines) is 1. The van der Waals surface area contributed by atoms with Gasteiger partial charge in [-0.15, -0.1) is 21.5 Å². The summed E-state index contributed by atoms with van der Waals surface area (Å²) in [5.41, 5.74) is 2.54. The number of benzene rings is 2. The highest BCUT2D eigenvalue weighted by atomic mass is 35.5. The summed E-state index contributed by atoms with van der Waals surface area (Å²) in [6.07, 6.45) is 4.14. The lowest BCUT2D eigenvalue weighted by molar-refractivity contribution is -0.145. The molecule has 3 aromatic heterocycles. The molecule has 0 N–H and O–H groups in total. The maximum atomic E-state index is 13.8. The fourth-order valence-corrected chi connectivity index (χ4v) is 6.52. The van der Waals surface area contributed by atoms with Gasteiger partial charge in [-0.25, -0.2) is 19.1 Å². The van der Waals surface area contributed by atoms with Gasteiger partial charge in [-0.05, 0) is 42.7 Å². The molecule has 2 aliphatic rings. The van der Waals surface area contributed by atoms with Gasteiger partial charge >= 0.3 is 5.97 Å². The molecular weight excluding hydrogens is 574 g/mol. The molecule has 0 unspecified atom stereocenters. The fraction of sp³-hybridized carbons (Fsp3) is 0.267. The number of amides is 1. The van der Waals surface area contributed by atoms with Crippen LogP contribution >= 0.6 is 22.9 Å². The van der Waals surface area contributed by atoms with Crippen LogP contribution in [0.4, 0.5) is 0 Å². The van der Waals surface area contributed by atoms with Gasteiger partial charge in [0.15, 0.2) is 0 Å². The smallest absolute Gasteiger partial charge is 0.328 e. The number of thiophene rings is 1. The van der Waals surface area contributed by atoms with Gasteiger partial charge in [0.1, 0.15) is 17.6 Å². The molecule has 2 fully saturated rings. The number of aromatic nitrogens is 6. The second kappa shape index (κ2) is 10.8. The van der Waals surface area contributed by atoms with Gasteiger partial charge in [0.05, 0.1) is 34.9 Å². The Morgan fingerprint density at radius 2 is 1.76 bits per heavy atom. The summed E-state index contributed by atoms with van der Waals surface area (Å²) in [5.74, 6) is 0.00381. The number of nitrogens with zero attached hydrogens (tertiary/aromatic N) is 7. The maximum Gasteiger partial charge on any atom is 0.328 e. The van der Waals surface area contributed by atoms with Gasteiger partial charge in [0.25, 0.3) is 5.91 Å². The highest BCUT2D eigenvalue weighted by molar-refractivity contribution is 7.18. The number of hydrogen-bond acceptors (Lipinski definition) is 8. The van der Waals surface area contributed by atoms with Crippen molar-refractivity contribution < 1.29 is 14.3 Å². The van der Waals surface area contributed by atoms with Gasteiger partial charge in [-0.3, -0.25) is 4.79 Å². The van der Waals surface area contributed by atoms with Crippen molar-refractivity contribution in [1.82, 2.24) is 34.7 Å². The summed E-state index contributed by atoms with van der Waals surface area (Å²) in [4.78, 5) is 34.9. The standard InChI is InChI=1S/C30H26ClN7O3S/c1-41-30(40)24-15-20(37-17-22(33-35-37)26-14-13-25(42-26)18-7-3-2-4-8-18)16-36(24)29(39)27-32-28(19-11-12-19)38(34-27)23-10-6-5-9-21(23)31/h2-10,13-14,17,19-20,24H,11-12,15-16H2,1H3/t20-,24-/m1/s1. The third kappa shape index (κ3) is 4.88. The van der Waals surface area contributed by atoms with Gasteiger partial charge in [0.2, 0.25) is 5.82 Å². The molecule has 42 heavy (non-hydrogen) atoms. The maximum absolute atomic E-state index is 13.8. The van der Waals surface area contributed by atoms with Crippen molar-refractivity contribution in [1.29, 1.82) is 0 Å². The first-order chi connectivity index (χ1) is 20.5. The molecule has 1 aliphatic heterocycles. The minimum Gasteiger partial charge on any atom is -0.467 e. The monoisotopic (exact) mass is 599 g/mol. The van der Waals surface area contributed by atoms with Crippen LogP contribution < -0.4 is 0 Å². The summed E-state index contributed by atoms with van der Waals surface area (Å²) in [6, 6.07) is 20.5. The molecule has 2 atom stereocenters. The number of esters is 1. The topological polar surface area (TPSA) is 108 Å². The number of carbonyl (C=O) groups is 2. The van der Waals surface area contributed by atoms with Crippen LogP contribution in [0.2, 0.25) is 5.02 Å². The molecule has 1 saturated heterocycles.